The third-order valence-electron chi connectivity index (χ3n) is 4.57. The molecule has 0 spiro atoms. The van der Waals surface area contributed by atoms with Crippen molar-refractivity contribution in [2.75, 3.05) is 26.2 Å². The van der Waals surface area contributed by atoms with Crippen LogP contribution in [-0.4, -0.2) is 59.2 Å². The van der Waals surface area contributed by atoms with E-state index in [0.29, 0.717) is 18.2 Å². The zero-order valence-corrected chi connectivity index (χ0v) is 13.2. The van der Waals surface area contributed by atoms with Crippen LogP contribution in [0.15, 0.2) is 24.5 Å². The highest BCUT2D eigenvalue weighted by atomic mass is 16.5. The smallest absolute Gasteiger partial charge is 0.0678 e. The van der Waals surface area contributed by atoms with Crippen LogP contribution in [0, 0.1) is 0 Å². The summed E-state index contributed by atoms with van der Waals surface area (Å²) in [6.45, 7) is 9.94. The largest absolute Gasteiger partial charge is 0.373 e. The van der Waals surface area contributed by atoms with E-state index in [1.54, 1.807) is 0 Å². The van der Waals surface area contributed by atoms with Gasteiger partial charge in [-0.15, -0.1) is 0 Å². The summed E-state index contributed by atoms with van der Waals surface area (Å²) in [5.41, 5.74) is 1.33. The maximum Gasteiger partial charge on any atom is 0.0678 e. The average Bonchev–Trinajstić information content (AvgIpc) is 2.86. The van der Waals surface area contributed by atoms with Crippen LogP contribution in [0.5, 0.6) is 0 Å². The van der Waals surface area contributed by atoms with E-state index in [0.717, 1.165) is 19.6 Å². The summed E-state index contributed by atoms with van der Waals surface area (Å²) in [7, 11) is 0. The Hall–Kier alpha value is -0.970. The Morgan fingerprint density at radius 1 is 1.29 bits per heavy atom. The van der Waals surface area contributed by atoms with Gasteiger partial charge in [-0.2, -0.15) is 0 Å². The summed E-state index contributed by atoms with van der Waals surface area (Å²) in [6, 6.07) is 4.90. The summed E-state index contributed by atoms with van der Waals surface area (Å²) in [5.74, 6) is 0. The quantitative estimate of drug-likeness (QED) is 0.849. The fourth-order valence-electron chi connectivity index (χ4n) is 3.77. The minimum absolute atomic E-state index is 0.363. The second-order valence-electron chi connectivity index (χ2n) is 6.60. The molecule has 0 aromatic carbocycles. The molecular formula is C17H27N3O. The van der Waals surface area contributed by atoms with Crippen LogP contribution in [0.3, 0.4) is 0 Å². The number of morpholine rings is 1. The minimum Gasteiger partial charge on any atom is -0.373 e. The Morgan fingerprint density at radius 3 is 2.81 bits per heavy atom. The molecule has 3 atom stereocenters. The molecule has 0 amide bonds. The Balaban J connectivity index is 1.57. The minimum atomic E-state index is 0.363. The molecule has 2 aliphatic rings. The third kappa shape index (κ3) is 4.02. The summed E-state index contributed by atoms with van der Waals surface area (Å²) in [5, 5.41) is 0. The van der Waals surface area contributed by atoms with E-state index in [9.17, 15) is 0 Å². The Labute approximate surface area is 128 Å². The van der Waals surface area contributed by atoms with Gasteiger partial charge in [0, 0.05) is 44.6 Å². The fourth-order valence-corrected chi connectivity index (χ4v) is 3.77. The average molecular weight is 289 g/mol. The Kier molecular flexibility index (Phi) is 4.88. The van der Waals surface area contributed by atoms with Crippen LogP contribution >= 0.6 is 0 Å². The van der Waals surface area contributed by atoms with Gasteiger partial charge in [0.2, 0.25) is 0 Å². The van der Waals surface area contributed by atoms with E-state index >= 15 is 0 Å². The van der Waals surface area contributed by atoms with E-state index in [1.807, 2.05) is 18.5 Å². The van der Waals surface area contributed by atoms with Crippen molar-refractivity contribution >= 4 is 0 Å². The van der Waals surface area contributed by atoms with Crippen molar-refractivity contribution in [2.45, 2.75) is 51.5 Å². The van der Waals surface area contributed by atoms with Gasteiger partial charge < -0.3 is 4.74 Å². The van der Waals surface area contributed by atoms with Crippen molar-refractivity contribution in [3.8, 4) is 0 Å². The molecule has 3 rings (SSSR count). The zero-order chi connectivity index (χ0) is 14.7. The lowest BCUT2D eigenvalue weighted by atomic mass is 10.1. The second-order valence-corrected chi connectivity index (χ2v) is 6.60. The van der Waals surface area contributed by atoms with Crippen LogP contribution in [0.4, 0.5) is 0 Å². The molecule has 116 valence electrons. The van der Waals surface area contributed by atoms with E-state index in [-0.39, 0.29) is 0 Å². The number of rotatable bonds is 4. The van der Waals surface area contributed by atoms with Crippen molar-refractivity contribution in [3.05, 3.63) is 30.1 Å². The number of aromatic nitrogens is 1. The summed E-state index contributed by atoms with van der Waals surface area (Å²) < 4.78 is 5.84. The van der Waals surface area contributed by atoms with Gasteiger partial charge >= 0.3 is 0 Å². The molecule has 2 aliphatic heterocycles. The van der Waals surface area contributed by atoms with Crippen LogP contribution in [0.25, 0.3) is 0 Å². The first-order chi connectivity index (χ1) is 10.2. The van der Waals surface area contributed by atoms with Crippen molar-refractivity contribution in [2.24, 2.45) is 0 Å². The van der Waals surface area contributed by atoms with Crippen LogP contribution in [0.2, 0.25) is 0 Å². The number of ether oxygens (including phenoxy) is 1. The maximum atomic E-state index is 5.84. The van der Waals surface area contributed by atoms with Gasteiger partial charge in [0.05, 0.1) is 12.2 Å². The Morgan fingerprint density at radius 2 is 2.10 bits per heavy atom. The summed E-state index contributed by atoms with van der Waals surface area (Å²) in [4.78, 5) is 9.45. The molecule has 0 N–H and O–H groups in total. The molecule has 2 fully saturated rings. The fraction of sp³-hybridized carbons (Fsp3) is 0.706. The molecule has 3 heterocycles. The normalized spacial score (nSPS) is 31.6. The van der Waals surface area contributed by atoms with Gasteiger partial charge in [-0.05, 0) is 44.9 Å². The lowest BCUT2D eigenvalue weighted by Crippen LogP contribution is -2.50. The molecule has 21 heavy (non-hydrogen) atoms. The van der Waals surface area contributed by atoms with E-state index in [4.69, 9.17) is 4.74 Å². The van der Waals surface area contributed by atoms with Gasteiger partial charge in [0.15, 0.2) is 0 Å². The number of nitrogens with zero attached hydrogens (tertiary/aromatic N) is 3. The van der Waals surface area contributed by atoms with E-state index < -0.39 is 0 Å². The maximum absolute atomic E-state index is 5.84. The number of hydrogen-bond donors (Lipinski definition) is 0. The second kappa shape index (κ2) is 6.86. The van der Waals surface area contributed by atoms with E-state index in [2.05, 4.69) is 34.7 Å². The predicted molar refractivity (Wildman–Crippen MR) is 84.1 cm³/mol. The molecule has 4 nitrogen and oxygen atoms in total. The van der Waals surface area contributed by atoms with Gasteiger partial charge in [-0.25, -0.2) is 0 Å². The first-order valence-electron chi connectivity index (χ1n) is 8.21. The SMILES string of the molecule is C[C@@H]1CN(C[C@@H]2CCCN2Cc2cccnc2)C[C@H](C)O1. The molecule has 0 bridgehead atoms. The first kappa shape index (κ1) is 14.9. The molecule has 4 heteroatoms. The van der Waals surface area contributed by atoms with Crippen LogP contribution in [-0.2, 0) is 11.3 Å². The number of likely N-dealkylation sites (tertiary alicyclic amines) is 1. The Bertz CT molecular complexity index is 429. The molecule has 0 radical (unpaired) electrons. The third-order valence-corrected chi connectivity index (χ3v) is 4.57. The molecule has 0 saturated carbocycles. The van der Waals surface area contributed by atoms with Crippen molar-refractivity contribution in [1.29, 1.82) is 0 Å². The van der Waals surface area contributed by atoms with Crippen molar-refractivity contribution in [3.63, 3.8) is 0 Å². The standard InChI is InChI=1S/C17H27N3O/c1-14-10-19(11-15(2)21-14)13-17-6-4-8-20(17)12-16-5-3-7-18-9-16/h3,5,7,9,14-15,17H,4,6,8,10-13H2,1-2H3/t14-,15+,17-/m0/s1. The van der Waals surface area contributed by atoms with Crippen LogP contribution < -0.4 is 0 Å². The molecule has 1 aromatic rings. The van der Waals surface area contributed by atoms with Crippen LogP contribution in [0.1, 0.15) is 32.3 Å². The van der Waals surface area contributed by atoms with Crippen molar-refractivity contribution < 1.29 is 4.74 Å². The van der Waals surface area contributed by atoms with Crippen molar-refractivity contribution in [1.82, 2.24) is 14.8 Å². The monoisotopic (exact) mass is 289 g/mol. The topological polar surface area (TPSA) is 28.6 Å². The molecule has 0 aliphatic carbocycles. The molecule has 0 unspecified atom stereocenters. The van der Waals surface area contributed by atoms with Gasteiger partial charge in [-0.3, -0.25) is 14.8 Å². The van der Waals surface area contributed by atoms with E-state index in [1.165, 1.54) is 31.5 Å². The highest BCUT2D eigenvalue weighted by molar-refractivity contribution is 5.09. The molecule has 2 saturated heterocycles. The number of pyridine rings is 1. The zero-order valence-electron chi connectivity index (χ0n) is 13.2. The lowest BCUT2D eigenvalue weighted by molar-refractivity contribution is -0.0724. The number of hydrogen-bond acceptors (Lipinski definition) is 4. The lowest BCUT2D eigenvalue weighted by Gasteiger charge is -2.38. The molecule has 1 aromatic heterocycles. The highest BCUT2D eigenvalue weighted by Gasteiger charge is 2.29. The first-order valence-corrected chi connectivity index (χ1v) is 8.21. The molecular weight excluding hydrogens is 262 g/mol. The van der Waals surface area contributed by atoms with Gasteiger partial charge in [0.25, 0.3) is 0 Å². The summed E-state index contributed by atoms with van der Waals surface area (Å²) >= 11 is 0. The van der Waals surface area contributed by atoms with Gasteiger partial charge in [0.1, 0.15) is 0 Å². The summed E-state index contributed by atoms with van der Waals surface area (Å²) in [6.07, 6.45) is 7.21. The van der Waals surface area contributed by atoms with Gasteiger partial charge in [-0.1, -0.05) is 6.07 Å². The highest BCUT2D eigenvalue weighted by Crippen LogP contribution is 2.22. The predicted octanol–water partition coefficient (Wildman–Crippen LogP) is 2.16.